The van der Waals surface area contributed by atoms with Crippen LogP contribution in [0.25, 0.3) is 0 Å². The molecule has 0 aromatic carbocycles. The Bertz CT molecular complexity index is 353. The fourth-order valence-electron chi connectivity index (χ4n) is 3.65. The zero-order valence-corrected chi connectivity index (χ0v) is 14.3. The number of nitrogens with zero attached hydrogens (tertiary/aromatic N) is 1. The van der Waals surface area contributed by atoms with E-state index in [1.165, 1.54) is 64.2 Å². The minimum absolute atomic E-state index is 0.105. The Kier molecular flexibility index (Phi) is 7.82. The number of ether oxygens (including phenoxy) is 1. The van der Waals surface area contributed by atoms with Crippen LogP contribution in [0.15, 0.2) is 12.2 Å². The van der Waals surface area contributed by atoms with E-state index in [4.69, 9.17) is 4.74 Å². The van der Waals surface area contributed by atoms with Crippen LogP contribution in [0.2, 0.25) is 0 Å². The van der Waals surface area contributed by atoms with Gasteiger partial charge in [0.1, 0.15) is 6.61 Å². The van der Waals surface area contributed by atoms with Crippen LogP contribution in [0.5, 0.6) is 0 Å². The monoisotopic (exact) mass is 307 g/mol. The maximum atomic E-state index is 11.8. The molecule has 0 saturated carbocycles. The van der Waals surface area contributed by atoms with Crippen LogP contribution in [-0.2, 0) is 4.74 Å². The van der Waals surface area contributed by atoms with Crippen LogP contribution < -0.4 is 0 Å². The van der Waals surface area contributed by atoms with Gasteiger partial charge in [-0.15, -0.1) is 0 Å². The van der Waals surface area contributed by atoms with E-state index in [1.54, 1.807) is 0 Å². The molecule has 0 aromatic heterocycles. The Labute approximate surface area is 136 Å². The molecule has 0 N–H and O–H groups in total. The number of carbonyl (C=O) groups excluding carboxylic acids is 1. The van der Waals surface area contributed by atoms with E-state index in [2.05, 4.69) is 19.1 Å². The fourth-order valence-corrected chi connectivity index (χ4v) is 3.65. The summed E-state index contributed by atoms with van der Waals surface area (Å²) in [5, 5.41) is 0. The van der Waals surface area contributed by atoms with E-state index in [0.717, 1.165) is 12.8 Å². The van der Waals surface area contributed by atoms with Crippen molar-refractivity contribution < 1.29 is 9.53 Å². The lowest BCUT2D eigenvalue weighted by Crippen LogP contribution is -2.43. The molecule has 0 bridgehead atoms. The molecular formula is C19H33NO2. The third kappa shape index (κ3) is 5.33. The Balaban J connectivity index is 1.48. The lowest BCUT2D eigenvalue weighted by atomic mass is 9.98. The number of rotatable bonds is 11. The van der Waals surface area contributed by atoms with Crippen molar-refractivity contribution in [3.8, 4) is 0 Å². The molecule has 1 amide bonds. The maximum absolute atomic E-state index is 11.8. The molecule has 1 saturated heterocycles. The largest absolute Gasteiger partial charge is 0.447 e. The summed E-state index contributed by atoms with van der Waals surface area (Å²) in [6.07, 6.45) is 20.0. The van der Waals surface area contributed by atoms with Gasteiger partial charge in [-0.2, -0.15) is 0 Å². The topological polar surface area (TPSA) is 29.5 Å². The predicted octanol–water partition coefficient (Wildman–Crippen LogP) is 5.45. The normalized spacial score (nSPS) is 23.7. The number of amides is 1. The Morgan fingerprint density at radius 3 is 2.36 bits per heavy atom. The molecule has 3 nitrogen and oxygen atoms in total. The van der Waals surface area contributed by atoms with Crippen molar-refractivity contribution in [2.24, 2.45) is 0 Å². The molecule has 2 aliphatic rings. The van der Waals surface area contributed by atoms with E-state index in [0.29, 0.717) is 12.6 Å². The van der Waals surface area contributed by atoms with Gasteiger partial charge in [-0.25, -0.2) is 4.79 Å². The van der Waals surface area contributed by atoms with Gasteiger partial charge in [0.05, 0.1) is 6.04 Å². The molecule has 2 rings (SSSR count). The van der Waals surface area contributed by atoms with Crippen molar-refractivity contribution in [3.05, 3.63) is 12.2 Å². The van der Waals surface area contributed by atoms with Gasteiger partial charge in [-0.3, -0.25) is 4.90 Å². The molecule has 3 heteroatoms. The average Bonchev–Trinajstić information content (AvgIpc) is 2.91. The van der Waals surface area contributed by atoms with Crippen LogP contribution in [0.3, 0.4) is 0 Å². The van der Waals surface area contributed by atoms with Crippen molar-refractivity contribution in [3.63, 3.8) is 0 Å². The summed E-state index contributed by atoms with van der Waals surface area (Å²) in [6.45, 7) is 2.82. The van der Waals surface area contributed by atoms with Crippen LogP contribution >= 0.6 is 0 Å². The first-order valence-corrected chi connectivity index (χ1v) is 9.44. The first kappa shape index (κ1) is 17.4. The van der Waals surface area contributed by atoms with E-state index >= 15 is 0 Å². The first-order valence-electron chi connectivity index (χ1n) is 9.44. The van der Waals surface area contributed by atoms with Crippen LogP contribution in [0.1, 0.15) is 84.0 Å². The molecule has 0 radical (unpaired) electrons. The quantitative estimate of drug-likeness (QED) is 0.375. The van der Waals surface area contributed by atoms with E-state index in [-0.39, 0.29) is 12.1 Å². The molecular weight excluding hydrogens is 274 g/mol. The Morgan fingerprint density at radius 2 is 1.68 bits per heavy atom. The summed E-state index contributed by atoms with van der Waals surface area (Å²) in [7, 11) is 0. The van der Waals surface area contributed by atoms with Crippen molar-refractivity contribution in [2.75, 3.05) is 6.61 Å². The summed E-state index contributed by atoms with van der Waals surface area (Å²) in [6, 6.07) is 0.577. The first-order chi connectivity index (χ1) is 10.8. The predicted molar refractivity (Wildman–Crippen MR) is 91.0 cm³/mol. The summed E-state index contributed by atoms with van der Waals surface area (Å²) >= 11 is 0. The van der Waals surface area contributed by atoms with Gasteiger partial charge in [-0.05, 0) is 12.8 Å². The lowest BCUT2D eigenvalue weighted by molar-refractivity contribution is 0.141. The zero-order valence-electron chi connectivity index (χ0n) is 14.3. The number of fused-ring (bicyclic) bond motifs is 1. The molecule has 0 aromatic rings. The van der Waals surface area contributed by atoms with Crippen LogP contribution in [0.4, 0.5) is 4.79 Å². The number of cyclic esters (lactones) is 1. The summed E-state index contributed by atoms with van der Waals surface area (Å²) in [5.41, 5.74) is 0. The number of carbonyl (C=O) groups is 1. The highest BCUT2D eigenvalue weighted by Gasteiger charge is 2.37. The Morgan fingerprint density at radius 1 is 1.05 bits per heavy atom. The molecule has 0 aliphatic carbocycles. The zero-order chi connectivity index (χ0) is 15.6. The van der Waals surface area contributed by atoms with E-state index in [1.807, 2.05) is 4.90 Å². The Hall–Kier alpha value is -0.990. The summed E-state index contributed by atoms with van der Waals surface area (Å²) in [5.74, 6) is 0. The smallest absolute Gasteiger partial charge is 0.410 e. The van der Waals surface area contributed by atoms with E-state index < -0.39 is 0 Å². The van der Waals surface area contributed by atoms with Gasteiger partial charge in [-0.1, -0.05) is 83.3 Å². The number of unbranched alkanes of at least 4 members (excludes halogenated alkanes) is 9. The van der Waals surface area contributed by atoms with Crippen molar-refractivity contribution in [1.82, 2.24) is 4.90 Å². The summed E-state index contributed by atoms with van der Waals surface area (Å²) < 4.78 is 5.17. The SMILES string of the molecule is CCCCCCCCCCCC[C@H]1CC=C[C@@H]2COC(=O)N12. The minimum atomic E-state index is -0.105. The van der Waals surface area contributed by atoms with Crippen molar-refractivity contribution >= 4 is 6.09 Å². The molecule has 2 heterocycles. The third-order valence-electron chi connectivity index (χ3n) is 5.00. The molecule has 0 unspecified atom stereocenters. The second-order valence-corrected chi connectivity index (χ2v) is 6.84. The average molecular weight is 307 g/mol. The van der Waals surface area contributed by atoms with Gasteiger partial charge in [0.2, 0.25) is 0 Å². The fraction of sp³-hybridized carbons (Fsp3) is 0.842. The lowest BCUT2D eigenvalue weighted by Gasteiger charge is -2.31. The molecule has 0 spiro atoms. The van der Waals surface area contributed by atoms with Gasteiger partial charge < -0.3 is 4.74 Å². The van der Waals surface area contributed by atoms with Gasteiger partial charge in [0.25, 0.3) is 0 Å². The maximum Gasteiger partial charge on any atom is 0.410 e. The highest BCUT2D eigenvalue weighted by Crippen LogP contribution is 2.27. The molecule has 126 valence electrons. The second-order valence-electron chi connectivity index (χ2n) is 6.84. The van der Waals surface area contributed by atoms with Crippen molar-refractivity contribution in [1.29, 1.82) is 0 Å². The number of hydrogen-bond donors (Lipinski definition) is 0. The van der Waals surface area contributed by atoms with Gasteiger partial charge in [0, 0.05) is 6.04 Å². The summed E-state index contributed by atoms with van der Waals surface area (Å²) in [4.78, 5) is 13.7. The molecule has 2 aliphatic heterocycles. The van der Waals surface area contributed by atoms with Crippen molar-refractivity contribution in [2.45, 2.75) is 96.1 Å². The molecule has 1 fully saturated rings. The highest BCUT2D eigenvalue weighted by atomic mass is 16.6. The van der Waals surface area contributed by atoms with Gasteiger partial charge >= 0.3 is 6.09 Å². The third-order valence-corrected chi connectivity index (χ3v) is 5.00. The number of hydrogen-bond acceptors (Lipinski definition) is 2. The molecule has 22 heavy (non-hydrogen) atoms. The minimum Gasteiger partial charge on any atom is -0.447 e. The highest BCUT2D eigenvalue weighted by molar-refractivity contribution is 5.71. The van der Waals surface area contributed by atoms with Gasteiger partial charge in [0.15, 0.2) is 0 Å². The standard InChI is InChI=1S/C19H33NO2/c1-2-3-4-5-6-7-8-9-10-11-13-17-14-12-15-18-16-22-19(21)20(17)18/h12,15,17-18H,2-11,13-14,16H2,1H3/t17-,18+/m0/s1. The van der Waals surface area contributed by atoms with E-state index in [9.17, 15) is 4.79 Å². The second kappa shape index (κ2) is 9.91. The van der Waals surface area contributed by atoms with Crippen LogP contribution in [0, 0.1) is 0 Å². The van der Waals surface area contributed by atoms with Crippen LogP contribution in [-0.4, -0.2) is 29.7 Å². The molecule has 2 atom stereocenters.